The Bertz CT molecular complexity index is 1170. The van der Waals surface area contributed by atoms with E-state index in [-0.39, 0.29) is 5.92 Å². The summed E-state index contributed by atoms with van der Waals surface area (Å²) in [4.78, 5) is 16.1. The fraction of sp³-hybridized carbons (Fsp3) is 0.250. The number of nitrogens with zero attached hydrogens (tertiary/aromatic N) is 1. The standard InChI is InChI=1S/C24H21BrN2O5/c1-30-18-12-27-13-19-21(18)23(29)20(31-22(26)28)11-17(14-5-3-2-4-6-14)24(23,32-19)15-7-9-16(25)10-8-15/h2-10,12-13,17,20,29H,11H2,1H3,(H2,26,28)/t17-,20+,23+,24-/m0/s1. The first-order valence-electron chi connectivity index (χ1n) is 10.1. The number of pyridine rings is 1. The number of benzene rings is 2. The molecule has 0 bridgehead atoms. The van der Waals surface area contributed by atoms with Crippen LogP contribution in [0.1, 0.15) is 29.0 Å². The average molecular weight is 497 g/mol. The molecule has 5 rings (SSSR count). The number of primary amides is 1. The maximum atomic E-state index is 12.5. The zero-order chi connectivity index (χ0) is 22.5. The van der Waals surface area contributed by atoms with E-state index in [9.17, 15) is 9.90 Å². The van der Waals surface area contributed by atoms with Crippen molar-refractivity contribution < 1.29 is 24.1 Å². The summed E-state index contributed by atoms with van der Waals surface area (Å²) in [6.45, 7) is 0. The van der Waals surface area contributed by atoms with Crippen LogP contribution in [0.2, 0.25) is 0 Å². The molecule has 0 unspecified atom stereocenters. The molecule has 1 aliphatic carbocycles. The highest BCUT2D eigenvalue weighted by molar-refractivity contribution is 9.10. The molecule has 2 aliphatic rings. The second-order valence-corrected chi connectivity index (χ2v) is 8.87. The molecule has 2 heterocycles. The number of ether oxygens (including phenoxy) is 3. The van der Waals surface area contributed by atoms with Crippen molar-refractivity contribution in [1.82, 2.24) is 4.98 Å². The molecule has 3 aromatic rings. The second-order valence-electron chi connectivity index (χ2n) is 7.95. The lowest BCUT2D eigenvalue weighted by atomic mass is 9.71. The molecule has 1 aromatic heterocycles. The molecule has 0 spiro atoms. The Kier molecular flexibility index (Phi) is 4.87. The van der Waals surface area contributed by atoms with E-state index in [2.05, 4.69) is 20.9 Å². The Morgan fingerprint density at radius 3 is 2.56 bits per heavy atom. The van der Waals surface area contributed by atoms with Crippen LogP contribution in [0.5, 0.6) is 11.5 Å². The van der Waals surface area contributed by atoms with Gasteiger partial charge in [0, 0.05) is 10.4 Å². The van der Waals surface area contributed by atoms with Gasteiger partial charge in [-0.1, -0.05) is 58.4 Å². The van der Waals surface area contributed by atoms with Gasteiger partial charge in [0.2, 0.25) is 0 Å². The number of nitrogens with two attached hydrogens (primary N) is 1. The van der Waals surface area contributed by atoms with E-state index in [0.29, 0.717) is 23.5 Å². The van der Waals surface area contributed by atoms with E-state index in [1.807, 2.05) is 54.6 Å². The van der Waals surface area contributed by atoms with Crippen LogP contribution in [-0.2, 0) is 15.9 Å². The number of aromatic nitrogens is 1. The summed E-state index contributed by atoms with van der Waals surface area (Å²) in [5.41, 5.74) is 4.39. The highest BCUT2D eigenvalue weighted by Gasteiger charge is 2.75. The van der Waals surface area contributed by atoms with Crippen LogP contribution >= 0.6 is 15.9 Å². The third-order valence-electron chi connectivity index (χ3n) is 6.45. The molecule has 164 valence electrons. The zero-order valence-electron chi connectivity index (χ0n) is 17.2. The summed E-state index contributed by atoms with van der Waals surface area (Å²) in [6, 6.07) is 17.3. The second kappa shape index (κ2) is 7.50. The van der Waals surface area contributed by atoms with Gasteiger partial charge in [-0.05, 0) is 29.7 Å². The van der Waals surface area contributed by atoms with E-state index in [0.717, 1.165) is 15.6 Å². The predicted octanol–water partition coefficient (Wildman–Crippen LogP) is 3.98. The van der Waals surface area contributed by atoms with Gasteiger partial charge < -0.3 is 25.1 Å². The molecule has 1 aliphatic heterocycles. The molecule has 8 heteroatoms. The summed E-state index contributed by atoms with van der Waals surface area (Å²) in [6.07, 6.45) is 1.40. The number of carbonyl (C=O) groups excluding carboxylic acids is 1. The van der Waals surface area contributed by atoms with Crippen molar-refractivity contribution >= 4 is 22.0 Å². The third-order valence-corrected chi connectivity index (χ3v) is 6.98. The minimum atomic E-state index is -1.78. The Labute approximate surface area is 193 Å². The summed E-state index contributed by atoms with van der Waals surface area (Å²) < 4.78 is 18.6. The number of halogens is 1. The third kappa shape index (κ3) is 2.76. The number of aliphatic hydroxyl groups is 1. The quantitative estimate of drug-likeness (QED) is 0.565. The van der Waals surface area contributed by atoms with Crippen LogP contribution in [0.25, 0.3) is 0 Å². The Morgan fingerprint density at radius 2 is 1.91 bits per heavy atom. The van der Waals surface area contributed by atoms with Crippen molar-refractivity contribution in [2.75, 3.05) is 7.11 Å². The number of methoxy groups -OCH3 is 1. The maximum Gasteiger partial charge on any atom is 0.404 e. The number of amides is 1. The van der Waals surface area contributed by atoms with Crippen molar-refractivity contribution in [1.29, 1.82) is 0 Å². The number of hydrogen-bond acceptors (Lipinski definition) is 6. The average Bonchev–Trinajstić information content (AvgIpc) is 3.20. The van der Waals surface area contributed by atoms with Crippen LogP contribution in [0.15, 0.2) is 71.5 Å². The highest BCUT2D eigenvalue weighted by atomic mass is 79.9. The van der Waals surface area contributed by atoms with Crippen molar-refractivity contribution in [3.05, 3.63) is 88.2 Å². The molecule has 1 amide bonds. The summed E-state index contributed by atoms with van der Waals surface area (Å²) in [5.74, 6) is 0.348. The van der Waals surface area contributed by atoms with Gasteiger partial charge in [0.05, 0.1) is 25.1 Å². The largest absolute Gasteiger partial charge is 0.495 e. The monoisotopic (exact) mass is 496 g/mol. The van der Waals surface area contributed by atoms with Crippen molar-refractivity contribution in [2.24, 2.45) is 5.73 Å². The topological polar surface area (TPSA) is 104 Å². The maximum absolute atomic E-state index is 12.5. The summed E-state index contributed by atoms with van der Waals surface area (Å²) in [5, 5.41) is 12.5. The number of hydrogen-bond donors (Lipinski definition) is 2. The molecule has 3 N–H and O–H groups in total. The normalized spacial score (nSPS) is 27.8. The van der Waals surface area contributed by atoms with Crippen molar-refractivity contribution in [3.8, 4) is 11.5 Å². The van der Waals surface area contributed by atoms with Crippen LogP contribution in [0.4, 0.5) is 4.79 Å². The minimum Gasteiger partial charge on any atom is -0.495 e. The molecule has 0 radical (unpaired) electrons. The molecule has 4 atom stereocenters. The Morgan fingerprint density at radius 1 is 1.19 bits per heavy atom. The van der Waals surface area contributed by atoms with Gasteiger partial charge in [-0.25, -0.2) is 4.79 Å². The number of rotatable bonds is 4. The minimum absolute atomic E-state index is 0.296. The summed E-state index contributed by atoms with van der Waals surface area (Å²) in [7, 11) is 1.49. The van der Waals surface area contributed by atoms with Crippen molar-refractivity contribution in [3.63, 3.8) is 0 Å². The molecule has 1 saturated carbocycles. The molecular formula is C24H21BrN2O5. The Hall–Kier alpha value is -3.10. The van der Waals surface area contributed by atoms with E-state index in [1.165, 1.54) is 19.5 Å². The lowest BCUT2D eigenvalue weighted by Crippen LogP contribution is -2.53. The molecule has 7 nitrogen and oxygen atoms in total. The first kappa shape index (κ1) is 20.8. The van der Waals surface area contributed by atoms with E-state index < -0.39 is 23.4 Å². The predicted molar refractivity (Wildman–Crippen MR) is 119 cm³/mol. The zero-order valence-corrected chi connectivity index (χ0v) is 18.8. The van der Waals surface area contributed by atoms with Gasteiger partial charge in [0.25, 0.3) is 0 Å². The van der Waals surface area contributed by atoms with Gasteiger partial charge >= 0.3 is 6.09 Å². The van der Waals surface area contributed by atoms with Gasteiger partial charge in [0.1, 0.15) is 17.6 Å². The fourth-order valence-corrected chi connectivity index (χ4v) is 5.53. The van der Waals surface area contributed by atoms with Gasteiger partial charge in [-0.15, -0.1) is 0 Å². The number of carbonyl (C=O) groups is 1. The molecule has 2 aromatic carbocycles. The van der Waals surface area contributed by atoms with Gasteiger partial charge in [-0.3, -0.25) is 4.98 Å². The fourth-order valence-electron chi connectivity index (χ4n) is 5.26. The van der Waals surface area contributed by atoms with Crippen LogP contribution < -0.4 is 15.2 Å². The smallest absolute Gasteiger partial charge is 0.404 e. The SMILES string of the molecule is COc1cncc2c1[C@]1(O)[C@H](OC(N)=O)C[C@@H](c3ccccc3)[C@]1(c1ccc(Br)cc1)O2. The molecular weight excluding hydrogens is 476 g/mol. The molecule has 0 saturated heterocycles. The number of fused-ring (bicyclic) bond motifs is 3. The van der Waals surface area contributed by atoms with Crippen LogP contribution in [-0.4, -0.2) is 29.4 Å². The Balaban J connectivity index is 1.83. The van der Waals surface area contributed by atoms with Crippen molar-refractivity contribution in [2.45, 2.75) is 29.6 Å². The summed E-state index contributed by atoms with van der Waals surface area (Å²) >= 11 is 3.47. The van der Waals surface area contributed by atoms with E-state index in [4.69, 9.17) is 19.9 Å². The van der Waals surface area contributed by atoms with E-state index in [1.54, 1.807) is 0 Å². The first-order chi connectivity index (χ1) is 15.4. The molecule has 1 fully saturated rings. The lowest BCUT2D eigenvalue weighted by molar-refractivity contribution is -0.150. The first-order valence-corrected chi connectivity index (χ1v) is 10.9. The van der Waals surface area contributed by atoms with Gasteiger partial charge in [-0.2, -0.15) is 0 Å². The van der Waals surface area contributed by atoms with Gasteiger partial charge in [0.15, 0.2) is 11.2 Å². The van der Waals surface area contributed by atoms with Crippen LogP contribution in [0.3, 0.4) is 0 Å². The lowest BCUT2D eigenvalue weighted by Gasteiger charge is -2.41. The molecule has 32 heavy (non-hydrogen) atoms. The highest BCUT2D eigenvalue weighted by Crippen LogP contribution is 2.68. The van der Waals surface area contributed by atoms with Crippen LogP contribution in [0, 0.1) is 0 Å². The van der Waals surface area contributed by atoms with E-state index >= 15 is 0 Å².